The van der Waals surface area contributed by atoms with Crippen LogP contribution in [0.5, 0.6) is 5.75 Å². The molecule has 1 aliphatic heterocycles. The molecule has 0 bridgehead atoms. The maximum atomic E-state index is 5.56. The van der Waals surface area contributed by atoms with Gasteiger partial charge in [-0.1, -0.05) is 23.4 Å². The third-order valence-electron chi connectivity index (χ3n) is 5.81. The summed E-state index contributed by atoms with van der Waals surface area (Å²) in [5.74, 6) is 2.92. The minimum atomic E-state index is 0.749. The summed E-state index contributed by atoms with van der Waals surface area (Å²) >= 11 is 0. The fourth-order valence-electron chi connectivity index (χ4n) is 4.32. The van der Waals surface area contributed by atoms with E-state index >= 15 is 0 Å². The molecule has 0 amide bonds. The second kappa shape index (κ2) is 7.61. The molecule has 0 N–H and O–H groups in total. The summed E-state index contributed by atoms with van der Waals surface area (Å²) in [4.78, 5) is 2.55. The molecular formula is C21H28N2O2. The Morgan fingerprint density at radius 3 is 2.80 bits per heavy atom. The third kappa shape index (κ3) is 3.74. The minimum absolute atomic E-state index is 0.749. The van der Waals surface area contributed by atoms with Crippen molar-refractivity contribution >= 4 is 0 Å². The van der Waals surface area contributed by atoms with Crippen molar-refractivity contribution in [3.63, 3.8) is 0 Å². The Morgan fingerprint density at radius 1 is 1.16 bits per heavy atom. The zero-order valence-electron chi connectivity index (χ0n) is 15.2. The number of likely N-dealkylation sites (tertiary alicyclic amines) is 1. The molecule has 4 heteroatoms. The van der Waals surface area contributed by atoms with E-state index in [1.165, 1.54) is 42.5 Å². The molecule has 1 fully saturated rings. The third-order valence-corrected chi connectivity index (χ3v) is 5.81. The van der Waals surface area contributed by atoms with Crippen molar-refractivity contribution in [3.05, 3.63) is 46.8 Å². The van der Waals surface area contributed by atoms with Crippen LogP contribution in [0.25, 0.3) is 0 Å². The van der Waals surface area contributed by atoms with E-state index in [0.29, 0.717) is 0 Å². The number of para-hydroxylation sites is 1. The first-order valence-corrected chi connectivity index (χ1v) is 9.64. The predicted octanol–water partition coefficient (Wildman–Crippen LogP) is 4.02. The smallest absolute Gasteiger partial charge is 0.140 e. The molecule has 0 atom stereocenters. The van der Waals surface area contributed by atoms with Crippen LogP contribution in [0.1, 0.15) is 48.3 Å². The first kappa shape index (κ1) is 16.6. The lowest BCUT2D eigenvalue weighted by atomic mass is 9.89. The summed E-state index contributed by atoms with van der Waals surface area (Å²) in [7, 11) is 1.76. The summed E-state index contributed by atoms with van der Waals surface area (Å²) in [6.07, 6.45) is 8.37. The fraction of sp³-hybridized carbons (Fsp3) is 0.571. The van der Waals surface area contributed by atoms with E-state index in [1.807, 2.05) is 6.07 Å². The minimum Gasteiger partial charge on any atom is -0.496 e. The van der Waals surface area contributed by atoms with Crippen molar-refractivity contribution in [3.8, 4) is 5.75 Å². The van der Waals surface area contributed by atoms with Gasteiger partial charge in [0.1, 0.15) is 17.2 Å². The average Bonchev–Trinajstić information content (AvgIpc) is 3.07. The topological polar surface area (TPSA) is 38.5 Å². The van der Waals surface area contributed by atoms with E-state index < -0.39 is 0 Å². The molecule has 25 heavy (non-hydrogen) atoms. The number of aryl methyl sites for hydroxylation is 1. The van der Waals surface area contributed by atoms with Gasteiger partial charge in [-0.15, -0.1) is 0 Å². The molecule has 0 spiro atoms. The summed E-state index contributed by atoms with van der Waals surface area (Å²) in [6.45, 7) is 3.27. The van der Waals surface area contributed by atoms with Gasteiger partial charge in [0.05, 0.1) is 7.11 Å². The van der Waals surface area contributed by atoms with Gasteiger partial charge in [0.15, 0.2) is 0 Å². The highest BCUT2D eigenvalue weighted by Crippen LogP contribution is 2.29. The number of benzene rings is 1. The number of piperidine rings is 1. The second-order valence-electron chi connectivity index (χ2n) is 7.47. The van der Waals surface area contributed by atoms with Gasteiger partial charge in [-0.05, 0) is 69.2 Å². The zero-order valence-corrected chi connectivity index (χ0v) is 15.2. The van der Waals surface area contributed by atoms with Gasteiger partial charge < -0.3 is 9.26 Å². The molecule has 134 valence electrons. The number of hydrogen-bond donors (Lipinski definition) is 0. The van der Waals surface area contributed by atoms with E-state index in [2.05, 4.69) is 28.3 Å². The number of rotatable bonds is 5. The molecule has 0 saturated carbocycles. The van der Waals surface area contributed by atoms with Gasteiger partial charge in [0.2, 0.25) is 0 Å². The quantitative estimate of drug-likeness (QED) is 0.824. The van der Waals surface area contributed by atoms with E-state index in [4.69, 9.17) is 9.26 Å². The van der Waals surface area contributed by atoms with Crippen molar-refractivity contribution in [2.75, 3.05) is 20.2 Å². The van der Waals surface area contributed by atoms with Crippen LogP contribution >= 0.6 is 0 Å². The highest BCUT2D eigenvalue weighted by molar-refractivity contribution is 5.33. The van der Waals surface area contributed by atoms with Crippen LogP contribution in [-0.2, 0) is 25.8 Å². The summed E-state index contributed by atoms with van der Waals surface area (Å²) < 4.78 is 11.1. The lowest BCUT2D eigenvalue weighted by Gasteiger charge is -2.32. The van der Waals surface area contributed by atoms with Crippen LogP contribution in [0.4, 0.5) is 0 Å². The molecular weight excluding hydrogens is 312 g/mol. The number of nitrogens with zero attached hydrogens (tertiary/aromatic N) is 2. The van der Waals surface area contributed by atoms with Crippen LogP contribution in [0.3, 0.4) is 0 Å². The highest BCUT2D eigenvalue weighted by atomic mass is 16.5. The van der Waals surface area contributed by atoms with E-state index in [-0.39, 0.29) is 0 Å². The predicted molar refractivity (Wildman–Crippen MR) is 97.8 cm³/mol. The number of ether oxygens (including phenoxy) is 1. The fourth-order valence-corrected chi connectivity index (χ4v) is 4.32. The zero-order chi connectivity index (χ0) is 17.1. The summed E-state index contributed by atoms with van der Waals surface area (Å²) in [6, 6.07) is 8.43. The molecule has 4 nitrogen and oxygen atoms in total. The number of hydrogen-bond acceptors (Lipinski definition) is 4. The first-order chi connectivity index (χ1) is 12.3. The number of methoxy groups -OCH3 is 1. The van der Waals surface area contributed by atoms with Crippen LogP contribution in [0, 0.1) is 5.92 Å². The van der Waals surface area contributed by atoms with Crippen LogP contribution in [0.15, 0.2) is 28.8 Å². The molecule has 2 heterocycles. The second-order valence-corrected chi connectivity index (χ2v) is 7.47. The van der Waals surface area contributed by atoms with Gasteiger partial charge in [-0.2, -0.15) is 0 Å². The van der Waals surface area contributed by atoms with Crippen LogP contribution in [0.2, 0.25) is 0 Å². The number of aromatic nitrogens is 1. The Bertz CT molecular complexity index is 702. The van der Waals surface area contributed by atoms with Crippen molar-refractivity contribution in [1.82, 2.24) is 10.1 Å². The number of fused-ring (bicyclic) bond motifs is 1. The van der Waals surface area contributed by atoms with Crippen molar-refractivity contribution in [2.45, 2.75) is 51.5 Å². The summed E-state index contributed by atoms with van der Waals surface area (Å²) in [5, 5.41) is 4.37. The molecule has 1 aliphatic carbocycles. The molecule has 2 aliphatic rings. The Balaban J connectivity index is 1.32. The SMILES string of the molecule is COc1ccccc1CC1CCN(Cc2noc3c2CCCC3)CC1. The van der Waals surface area contributed by atoms with E-state index in [9.17, 15) is 0 Å². The Kier molecular flexibility index (Phi) is 5.07. The lowest BCUT2D eigenvalue weighted by molar-refractivity contribution is 0.172. The van der Waals surface area contributed by atoms with Crippen molar-refractivity contribution in [1.29, 1.82) is 0 Å². The average molecular weight is 340 g/mol. The Hall–Kier alpha value is -1.81. The molecule has 4 rings (SSSR count). The van der Waals surface area contributed by atoms with E-state index in [1.54, 1.807) is 7.11 Å². The maximum Gasteiger partial charge on any atom is 0.140 e. The van der Waals surface area contributed by atoms with Gasteiger partial charge in [0.25, 0.3) is 0 Å². The van der Waals surface area contributed by atoms with Crippen LogP contribution < -0.4 is 4.74 Å². The Morgan fingerprint density at radius 2 is 1.96 bits per heavy atom. The van der Waals surface area contributed by atoms with Gasteiger partial charge in [0, 0.05) is 18.5 Å². The van der Waals surface area contributed by atoms with Gasteiger partial charge >= 0.3 is 0 Å². The lowest BCUT2D eigenvalue weighted by Crippen LogP contribution is -2.34. The standard InChI is InChI=1S/C21H28N2O2/c1-24-20-8-4-2-6-17(20)14-16-10-12-23(13-11-16)15-19-18-7-3-5-9-21(18)25-22-19/h2,4,6,8,16H,3,5,7,9-15H2,1H3. The van der Waals surface area contributed by atoms with Gasteiger partial charge in [-0.25, -0.2) is 0 Å². The first-order valence-electron chi connectivity index (χ1n) is 9.64. The molecule has 0 unspecified atom stereocenters. The molecule has 1 aromatic carbocycles. The van der Waals surface area contributed by atoms with E-state index in [0.717, 1.165) is 56.3 Å². The highest BCUT2D eigenvalue weighted by Gasteiger charge is 2.24. The van der Waals surface area contributed by atoms with Crippen LogP contribution in [-0.4, -0.2) is 30.3 Å². The van der Waals surface area contributed by atoms with Crippen molar-refractivity contribution in [2.24, 2.45) is 5.92 Å². The molecule has 1 aromatic heterocycles. The monoisotopic (exact) mass is 340 g/mol. The molecule has 2 aromatic rings. The van der Waals surface area contributed by atoms with Gasteiger partial charge in [-0.3, -0.25) is 4.90 Å². The molecule has 1 saturated heterocycles. The largest absolute Gasteiger partial charge is 0.496 e. The Labute approximate surface area is 150 Å². The summed E-state index contributed by atoms with van der Waals surface area (Å²) in [5.41, 5.74) is 3.94. The van der Waals surface area contributed by atoms with Crippen molar-refractivity contribution < 1.29 is 9.26 Å². The molecule has 0 radical (unpaired) electrons. The normalized spacial score (nSPS) is 18.9. The maximum absolute atomic E-state index is 5.56.